The fourth-order valence-corrected chi connectivity index (χ4v) is 3.54. The van der Waals surface area contributed by atoms with Crippen LogP contribution in [0.1, 0.15) is 18.4 Å². The molecule has 2 aromatic carbocycles. The summed E-state index contributed by atoms with van der Waals surface area (Å²) in [4.78, 5) is 23.7. The lowest BCUT2D eigenvalue weighted by Crippen LogP contribution is -2.38. The molecule has 1 aromatic heterocycles. The van der Waals surface area contributed by atoms with Gasteiger partial charge in [-0.15, -0.1) is 0 Å². The van der Waals surface area contributed by atoms with Crippen molar-refractivity contribution in [1.29, 1.82) is 0 Å². The highest BCUT2D eigenvalue weighted by Gasteiger charge is 2.26. The zero-order chi connectivity index (χ0) is 17.9. The molecule has 0 bridgehead atoms. The van der Waals surface area contributed by atoms with Crippen LogP contribution in [0.25, 0.3) is 10.9 Å². The lowest BCUT2D eigenvalue weighted by molar-refractivity contribution is -0.120. The van der Waals surface area contributed by atoms with Crippen molar-refractivity contribution in [1.82, 2.24) is 9.97 Å². The number of hydrogen-bond acceptors (Lipinski definition) is 4. The number of benzene rings is 2. The van der Waals surface area contributed by atoms with Gasteiger partial charge in [-0.25, -0.2) is 9.97 Å². The van der Waals surface area contributed by atoms with Crippen LogP contribution in [0, 0.1) is 12.8 Å². The van der Waals surface area contributed by atoms with Crippen molar-refractivity contribution in [2.45, 2.75) is 19.8 Å². The van der Waals surface area contributed by atoms with Gasteiger partial charge in [-0.05, 0) is 43.5 Å². The third kappa shape index (κ3) is 3.25. The molecule has 0 atom stereocenters. The molecule has 0 saturated carbocycles. The van der Waals surface area contributed by atoms with Gasteiger partial charge in [-0.3, -0.25) is 4.79 Å². The van der Waals surface area contributed by atoms with E-state index in [4.69, 9.17) is 0 Å². The highest BCUT2D eigenvalue weighted by molar-refractivity contribution is 5.93. The van der Waals surface area contributed by atoms with Gasteiger partial charge in [0, 0.05) is 30.1 Å². The van der Waals surface area contributed by atoms with Gasteiger partial charge in [0.15, 0.2) is 0 Å². The number of nitrogens with one attached hydrogen (secondary N) is 1. The number of amides is 1. The molecule has 1 saturated heterocycles. The molecule has 4 rings (SSSR count). The van der Waals surface area contributed by atoms with Crippen molar-refractivity contribution in [3.05, 3.63) is 60.4 Å². The summed E-state index contributed by atoms with van der Waals surface area (Å²) in [5.41, 5.74) is 2.95. The van der Waals surface area contributed by atoms with Crippen LogP contribution < -0.4 is 10.2 Å². The minimum Gasteiger partial charge on any atom is -0.356 e. The monoisotopic (exact) mass is 346 g/mol. The summed E-state index contributed by atoms with van der Waals surface area (Å²) in [6, 6.07) is 16.0. The Hall–Kier alpha value is -2.95. The van der Waals surface area contributed by atoms with Gasteiger partial charge in [-0.2, -0.15) is 0 Å². The van der Waals surface area contributed by atoms with Crippen LogP contribution in [-0.4, -0.2) is 29.0 Å². The number of hydrogen-bond donors (Lipinski definition) is 1. The average molecular weight is 346 g/mol. The highest BCUT2D eigenvalue weighted by atomic mass is 16.1. The van der Waals surface area contributed by atoms with Gasteiger partial charge in [0.25, 0.3) is 0 Å². The number of rotatable bonds is 3. The SMILES string of the molecule is Cc1ccccc1NC(=O)C1CCN(c2ncnc3ccccc23)CC1. The molecule has 5 heteroatoms. The molecule has 1 aliphatic rings. The van der Waals surface area contributed by atoms with E-state index in [0.717, 1.165) is 53.9 Å². The van der Waals surface area contributed by atoms with Gasteiger partial charge in [0.05, 0.1) is 5.52 Å². The minimum absolute atomic E-state index is 0.0407. The first-order chi connectivity index (χ1) is 12.7. The van der Waals surface area contributed by atoms with Crippen LogP contribution in [-0.2, 0) is 4.79 Å². The Morgan fingerprint density at radius 2 is 1.77 bits per heavy atom. The van der Waals surface area contributed by atoms with Crippen LogP contribution in [0.2, 0.25) is 0 Å². The van der Waals surface area contributed by atoms with Crippen molar-refractivity contribution in [2.75, 3.05) is 23.3 Å². The Morgan fingerprint density at radius 3 is 2.58 bits per heavy atom. The molecule has 1 aliphatic heterocycles. The van der Waals surface area contributed by atoms with E-state index in [1.165, 1.54) is 0 Å². The number of aromatic nitrogens is 2. The Balaban J connectivity index is 1.44. The molecule has 0 spiro atoms. The van der Waals surface area contributed by atoms with E-state index in [0.29, 0.717) is 0 Å². The molecule has 1 fully saturated rings. The van der Waals surface area contributed by atoms with E-state index in [9.17, 15) is 4.79 Å². The lowest BCUT2D eigenvalue weighted by atomic mass is 9.95. The highest BCUT2D eigenvalue weighted by Crippen LogP contribution is 2.28. The first-order valence-electron chi connectivity index (χ1n) is 9.03. The van der Waals surface area contributed by atoms with Crippen LogP contribution in [0.15, 0.2) is 54.9 Å². The van der Waals surface area contributed by atoms with Crippen molar-refractivity contribution in [3.8, 4) is 0 Å². The molecule has 1 N–H and O–H groups in total. The maximum Gasteiger partial charge on any atom is 0.227 e. The first-order valence-corrected chi connectivity index (χ1v) is 9.03. The molecule has 3 aromatic rings. The second-order valence-corrected chi connectivity index (χ2v) is 6.78. The standard InChI is InChI=1S/C21H22N4O/c1-15-6-2-4-8-18(15)24-21(26)16-10-12-25(13-11-16)20-17-7-3-5-9-19(17)22-14-23-20/h2-9,14,16H,10-13H2,1H3,(H,24,26). The molecular weight excluding hydrogens is 324 g/mol. The van der Waals surface area contributed by atoms with Crippen molar-refractivity contribution in [3.63, 3.8) is 0 Å². The zero-order valence-corrected chi connectivity index (χ0v) is 14.9. The van der Waals surface area contributed by atoms with E-state index in [2.05, 4.69) is 26.3 Å². The fourth-order valence-electron chi connectivity index (χ4n) is 3.54. The van der Waals surface area contributed by atoms with Gasteiger partial charge in [-0.1, -0.05) is 30.3 Å². The normalized spacial score (nSPS) is 15.2. The van der Waals surface area contributed by atoms with Gasteiger partial charge in [0.1, 0.15) is 12.1 Å². The van der Waals surface area contributed by atoms with Crippen molar-refractivity contribution >= 4 is 28.3 Å². The molecule has 132 valence electrons. The Morgan fingerprint density at radius 1 is 1.04 bits per heavy atom. The predicted molar refractivity (Wildman–Crippen MR) is 104 cm³/mol. The number of carbonyl (C=O) groups is 1. The largest absolute Gasteiger partial charge is 0.356 e. The molecule has 0 aliphatic carbocycles. The molecule has 1 amide bonds. The molecule has 0 radical (unpaired) electrons. The van der Waals surface area contributed by atoms with Crippen LogP contribution in [0.4, 0.5) is 11.5 Å². The summed E-state index contributed by atoms with van der Waals surface area (Å²) in [7, 11) is 0. The van der Waals surface area contributed by atoms with E-state index < -0.39 is 0 Å². The van der Waals surface area contributed by atoms with Gasteiger partial charge in [0.2, 0.25) is 5.91 Å². The Bertz CT molecular complexity index is 927. The van der Waals surface area contributed by atoms with E-state index >= 15 is 0 Å². The fraction of sp³-hybridized carbons (Fsp3) is 0.286. The van der Waals surface area contributed by atoms with Crippen LogP contribution in [0.3, 0.4) is 0 Å². The number of aryl methyl sites for hydroxylation is 1. The Labute approximate surface area is 153 Å². The van der Waals surface area contributed by atoms with E-state index in [1.807, 2.05) is 49.4 Å². The van der Waals surface area contributed by atoms with Crippen molar-refractivity contribution in [2.24, 2.45) is 5.92 Å². The summed E-state index contributed by atoms with van der Waals surface area (Å²) >= 11 is 0. The van der Waals surface area contributed by atoms with E-state index in [1.54, 1.807) is 6.33 Å². The lowest BCUT2D eigenvalue weighted by Gasteiger charge is -2.32. The number of piperidine rings is 1. The summed E-state index contributed by atoms with van der Waals surface area (Å²) in [5, 5.41) is 4.15. The summed E-state index contributed by atoms with van der Waals surface area (Å²) < 4.78 is 0. The van der Waals surface area contributed by atoms with Gasteiger partial charge < -0.3 is 10.2 Å². The first kappa shape index (κ1) is 16.5. The van der Waals surface area contributed by atoms with E-state index in [-0.39, 0.29) is 11.8 Å². The molecule has 26 heavy (non-hydrogen) atoms. The molecule has 5 nitrogen and oxygen atoms in total. The number of para-hydroxylation sites is 2. The molecule has 2 heterocycles. The number of carbonyl (C=O) groups excluding carboxylic acids is 1. The third-order valence-electron chi connectivity index (χ3n) is 5.09. The third-order valence-corrected chi connectivity index (χ3v) is 5.09. The average Bonchev–Trinajstić information content (AvgIpc) is 2.69. The van der Waals surface area contributed by atoms with Crippen molar-refractivity contribution < 1.29 is 4.79 Å². The summed E-state index contributed by atoms with van der Waals surface area (Å²) in [6.07, 6.45) is 3.28. The quantitative estimate of drug-likeness (QED) is 0.784. The Kier molecular flexibility index (Phi) is 4.52. The maximum atomic E-state index is 12.6. The summed E-state index contributed by atoms with van der Waals surface area (Å²) in [6.45, 7) is 3.66. The number of fused-ring (bicyclic) bond motifs is 1. The topological polar surface area (TPSA) is 58.1 Å². The number of anilines is 2. The van der Waals surface area contributed by atoms with Crippen LogP contribution in [0.5, 0.6) is 0 Å². The second kappa shape index (κ2) is 7.12. The maximum absolute atomic E-state index is 12.6. The number of nitrogens with zero attached hydrogens (tertiary/aromatic N) is 3. The van der Waals surface area contributed by atoms with Crippen LogP contribution >= 0.6 is 0 Å². The second-order valence-electron chi connectivity index (χ2n) is 6.78. The minimum atomic E-state index is 0.0407. The smallest absolute Gasteiger partial charge is 0.227 e. The summed E-state index contributed by atoms with van der Waals surface area (Å²) in [5.74, 6) is 1.12. The molecular formula is C21H22N4O. The predicted octanol–water partition coefficient (Wildman–Crippen LogP) is 3.79. The molecule has 0 unspecified atom stereocenters. The van der Waals surface area contributed by atoms with Gasteiger partial charge >= 0.3 is 0 Å². The zero-order valence-electron chi connectivity index (χ0n) is 14.9.